The third-order valence-electron chi connectivity index (χ3n) is 6.35. The number of benzene rings is 1. The summed E-state index contributed by atoms with van der Waals surface area (Å²) in [5.41, 5.74) is -0.406. The second-order valence-electron chi connectivity index (χ2n) is 8.53. The number of piperidine rings is 1. The van der Waals surface area contributed by atoms with Crippen molar-refractivity contribution in [2.24, 2.45) is 5.92 Å². The summed E-state index contributed by atoms with van der Waals surface area (Å²) in [4.78, 5) is 41.5. The van der Waals surface area contributed by atoms with E-state index in [0.29, 0.717) is 18.4 Å². The van der Waals surface area contributed by atoms with E-state index in [1.54, 1.807) is 0 Å². The molecule has 1 aromatic carbocycles. The molecule has 33 heavy (non-hydrogen) atoms. The number of hydrogen-bond donors (Lipinski definition) is 2. The molecule has 3 heterocycles. The van der Waals surface area contributed by atoms with Crippen LogP contribution in [0.3, 0.4) is 0 Å². The Hall–Kier alpha value is -3.43. The summed E-state index contributed by atoms with van der Waals surface area (Å²) in [6.07, 6.45) is 2.25. The first-order chi connectivity index (χ1) is 15.6. The zero-order valence-electron chi connectivity index (χ0n) is 17.7. The first kappa shape index (κ1) is 22.8. The normalized spacial score (nSPS) is 22.2. The lowest BCUT2D eigenvalue weighted by atomic mass is 9.90. The summed E-state index contributed by atoms with van der Waals surface area (Å²) in [6.45, 7) is 1.52. The van der Waals surface area contributed by atoms with Crippen LogP contribution in [0.2, 0.25) is 0 Å². The number of carbonyl (C=O) groups excluding carboxylic acids is 2. The second kappa shape index (κ2) is 8.49. The van der Waals surface area contributed by atoms with E-state index < -0.39 is 53.2 Å². The van der Waals surface area contributed by atoms with Gasteiger partial charge in [-0.1, -0.05) is 0 Å². The van der Waals surface area contributed by atoms with Crippen LogP contribution >= 0.6 is 0 Å². The highest BCUT2D eigenvalue weighted by molar-refractivity contribution is 6.04. The summed E-state index contributed by atoms with van der Waals surface area (Å²) in [5.74, 6) is -8.21. The fourth-order valence-corrected chi connectivity index (χ4v) is 4.65. The van der Waals surface area contributed by atoms with Crippen molar-refractivity contribution in [3.05, 3.63) is 59.2 Å². The predicted octanol–water partition coefficient (Wildman–Crippen LogP) is 3.73. The molecule has 0 aliphatic carbocycles. The van der Waals surface area contributed by atoms with Gasteiger partial charge in [0.15, 0.2) is 0 Å². The molecule has 2 aromatic rings. The van der Waals surface area contributed by atoms with Crippen LogP contribution in [-0.2, 0) is 15.5 Å². The first-order valence-electron chi connectivity index (χ1n) is 10.6. The number of carboxylic acids is 1. The summed E-state index contributed by atoms with van der Waals surface area (Å²) in [5, 5.41) is 11.8. The molecule has 1 aromatic heterocycles. The second-order valence-corrected chi connectivity index (χ2v) is 8.53. The van der Waals surface area contributed by atoms with Gasteiger partial charge in [-0.25, -0.2) is 4.39 Å². The minimum Gasteiger partial charge on any atom is -0.481 e. The third kappa shape index (κ3) is 4.29. The van der Waals surface area contributed by atoms with Gasteiger partial charge >= 0.3 is 11.9 Å². The van der Waals surface area contributed by atoms with Gasteiger partial charge in [-0.3, -0.25) is 19.4 Å². The molecule has 1 unspecified atom stereocenters. The number of nitrogens with one attached hydrogen (secondary N) is 1. The zero-order valence-corrected chi connectivity index (χ0v) is 17.7. The fourth-order valence-electron chi connectivity index (χ4n) is 4.65. The van der Waals surface area contributed by atoms with Gasteiger partial charge in [0.2, 0.25) is 0 Å². The van der Waals surface area contributed by atoms with Crippen molar-refractivity contribution in [3.63, 3.8) is 0 Å². The summed E-state index contributed by atoms with van der Waals surface area (Å²) in [7, 11) is 0. The highest BCUT2D eigenvalue weighted by Crippen LogP contribution is 2.42. The highest BCUT2D eigenvalue weighted by atomic mass is 19.3. The highest BCUT2D eigenvalue weighted by Gasteiger charge is 2.53. The van der Waals surface area contributed by atoms with Crippen molar-refractivity contribution >= 4 is 23.5 Å². The Kier molecular flexibility index (Phi) is 5.85. The number of nitrogens with zero attached hydrogens (tertiary/aromatic N) is 2. The van der Waals surface area contributed by atoms with E-state index in [-0.39, 0.29) is 24.1 Å². The van der Waals surface area contributed by atoms with Crippen molar-refractivity contribution in [2.45, 2.75) is 50.6 Å². The molecule has 0 radical (unpaired) electrons. The molecule has 2 aliphatic heterocycles. The van der Waals surface area contributed by atoms with Crippen LogP contribution in [0.15, 0.2) is 36.5 Å². The molecular weight excluding hydrogens is 439 g/mol. The van der Waals surface area contributed by atoms with E-state index in [1.165, 1.54) is 31.2 Å². The maximum Gasteiger partial charge on any atom is 0.366 e. The lowest BCUT2D eigenvalue weighted by Gasteiger charge is -2.39. The van der Waals surface area contributed by atoms with Crippen LogP contribution in [0.4, 0.5) is 18.9 Å². The number of aliphatic carboxylic acids is 1. The Morgan fingerprint density at radius 2 is 1.79 bits per heavy atom. The number of amides is 2. The fraction of sp³-hybridized carbons (Fsp3) is 0.391. The van der Waals surface area contributed by atoms with E-state index in [9.17, 15) is 23.9 Å². The molecule has 4 rings (SSSR count). The molecule has 2 aliphatic rings. The number of rotatable bonds is 5. The molecule has 7 nitrogen and oxygen atoms in total. The van der Waals surface area contributed by atoms with E-state index in [1.807, 2.05) is 0 Å². The average Bonchev–Trinajstić information content (AvgIpc) is 3.04. The quantitative estimate of drug-likeness (QED) is 0.707. The lowest BCUT2D eigenvalue weighted by Crippen LogP contribution is -2.52. The van der Waals surface area contributed by atoms with Crippen molar-refractivity contribution in [2.75, 3.05) is 5.32 Å². The number of aromatic nitrogens is 1. The van der Waals surface area contributed by atoms with Crippen LogP contribution in [-0.4, -0.2) is 44.9 Å². The molecule has 2 amide bonds. The van der Waals surface area contributed by atoms with Crippen molar-refractivity contribution in [1.29, 1.82) is 0 Å². The topological polar surface area (TPSA) is 99.6 Å². The van der Waals surface area contributed by atoms with Gasteiger partial charge in [0.1, 0.15) is 11.5 Å². The van der Waals surface area contributed by atoms with Crippen molar-refractivity contribution in [3.8, 4) is 0 Å². The van der Waals surface area contributed by atoms with Gasteiger partial charge in [0, 0.05) is 29.5 Å². The van der Waals surface area contributed by atoms with Crippen molar-refractivity contribution in [1.82, 2.24) is 9.88 Å². The Morgan fingerprint density at radius 3 is 2.39 bits per heavy atom. The number of pyridine rings is 1. The minimum atomic E-state index is -3.99. The van der Waals surface area contributed by atoms with Crippen molar-refractivity contribution < 1.29 is 32.7 Å². The molecule has 0 spiro atoms. The summed E-state index contributed by atoms with van der Waals surface area (Å²) >= 11 is 0. The number of halogens is 3. The number of hydrogen-bond acceptors (Lipinski definition) is 4. The number of carboxylic acid groups (broad SMARTS) is 1. The van der Waals surface area contributed by atoms with E-state index >= 15 is 8.78 Å². The molecule has 10 heteroatoms. The molecule has 2 fully saturated rings. The Labute approximate surface area is 187 Å². The van der Waals surface area contributed by atoms with Gasteiger partial charge < -0.3 is 15.3 Å². The minimum absolute atomic E-state index is 0.137. The number of carbonyl (C=O) groups is 3. The SMILES string of the molecule is Cc1cc(NC(=O)c2ccnc(C(F)(F)C(=O)N3[C@@H]4CC[C@H]3CC(C(=O)O)C4)c2)ccc1F. The van der Waals surface area contributed by atoms with Gasteiger partial charge in [-0.05, 0) is 68.5 Å². The number of alkyl halides is 2. The number of fused-ring (bicyclic) bond motifs is 2. The zero-order chi connectivity index (χ0) is 23.9. The smallest absolute Gasteiger partial charge is 0.366 e. The average molecular weight is 461 g/mol. The van der Waals surface area contributed by atoms with Crippen LogP contribution in [0, 0.1) is 18.7 Å². The predicted molar refractivity (Wildman–Crippen MR) is 111 cm³/mol. The van der Waals surface area contributed by atoms with E-state index in [2.05, 4.69) is 10.3 Å². The van der Waals surface area contributed by atoms with Gasteiger partial charge in [0.05, 0.1) is 5.92 Å². The monoisotopic (exact) mass is 461 g/mol. The molecular formula is C23H22F3N3O4. The number of anilines is 1. The maximum atomic E-state index is 15.2. The van der Waals surface area contributed by atoms with E-state index in [4.69, 9.17) is 0 Å². The van der Waals surface area contributed by atoms with Gasteiger partial charge in [-0.2, -0.15) is 8.78 Å². The Bertz CT molecular complexity index is 1110. The molecule has 3 atom stereocenters. The lowest BCUT2D eigenvalue weighted by molar-refractivity contribution is -0.167. The Morgan fingerprint density at radius 1 is 1.12 bits per heavy atom. The molecule has 2 bridgehead atoms. The first-order valence-corrected chi connectivity index (χ1v) is 10.6. The Balaban J connectivity index is 1.53. The van der Waals surface area contributed by atoms with Crippen LogP contribution < -0.4 is 5.32 Å². The molecule has 2 saturated heterocycles. The van der Waals surface area contributed by atoms with Gasteiger partial charge in [0.25, 0.3) is 11.8 Å². The van der Waals surface area contributed by atoms with Gasteiger partial charge in [-0.15, -0.1) is 0 Å². The largest absolute Gasteiger partial charge is 0.481 e. The third-order valence-corrected chi connectivity index (χ3v) is 6.35. The molecule has 2 N–H and O–H groups in total. The molecule has 0 saturated carbocycles. The standard InChI is InChI=1S/C23H22F3N3O4/c1-12-8-15(2-5-18(12)24)28-20(30)13-6-7-27-19(11-13)23(25,26)22(33)29-16-3-4-17(29)10-14(9-16)21(31)32/h2,5-8,11,14,16-17H,3-4,9-10H2,1H3,(H,28,30)(H,31,32)/t14?,16-,17+. The van der Waals surface area contributed by atoms with Crippen LogP contribution in [0.1, 0.15) is 47.3 Å². The maximum absolute atomic E-state index is 15.2. The van der Waals surface area contributed by atoms with Crippen LogP contribution in [0.25, 0.3) is 0 Å². The number of aryl methyl sites for hydroxylation is 1. The summed E-state index contributed by atoms with van der Waals surface area (Å²) in [6, 6.07) is 4.90. The molecule has 174 valence electrons. The van der Waals surface area contributed by atoms with E-state index in [0.717, 1.165) is 17.2 Å². The summed E-state index contributed by atoms with van der Waals surface area (Å²) < 4.78 is 43.8. The van der Waals surface area contributed by atoms with Crippen LogP contribution in [0.5, 0.6) is 0 Å².